The predicted molar refractivity (Wildman–Crippen MR) is 142 cm³/mol. The molecule has 2 aromatic carbocycles. The molecule has 0 atom stereocenters. The number of benzene rings is 2. The smallest absolute Gasteiger partial charge is 0.282 e. The van der Waals surface area contributed by atoms with Crippen molar-refractivity contribution in [2.24, 2.45) is 0 Å². The van der Waals surface area contributed by atoms with Crippen LogP contribution in [0.2, 0.25) is 0 Å². The molecule has 1 aliphatic heterocycles. The molecule has 5 aromatic rings. The maximum absolute atomic E-state index is 13.4. The van der Waals surface area contributed by atoms with Crippen LogP contribution in [0.15, 0.2) is 73.2 Å². The molecule has 1 amide bonds. The molecule has 0 spiro atoms. The number of nitrogens with zero attached hydrogens (tertiary/aromatic N) is 5. The summed E-state index contributed by atoms with van der Waals surface area (Å²) in [4.78, 5) is 23.3. The van der Waals surface area contributed by atoms with Gasteiger partial charge in [-0.3, -0.25) is 9.89 Å². The zero-order valence-electron chi connectivity index (χ0n) is 20.8. The summed E-state index contributed by atoms with van der Waals surface area (Å²) < 4.78 is 28.7. The number of carbonyl (C=O) groups is 1. The zero-order chi connectivity index (χ0) is 26.4. The van der Waals surface area contributed by atoms with Crippen LogP contribution in [0.25, 0.3) is 33.4 Å². The minimum Gasteiger partial charge on any atom is -0.340 e. The number of carbonyl (C=O) groups excluding carboxylic acids is 1. The number of fused-ring (bicyclic) bond motifs is 1. The summed E-state index contributed by atoms with van der Waals surface area (Å²) in [5.41, 5.74) is 4.95. The molecule has 0 bridgehead atoms. The summed E-state index contributed by atoms with van der Waals surface area (Å²) in [6.07, 6.45) is 5.30. The number of hydrogen-bond acceptors (Lipinski definition) is 5. The van der Waals surface area contributed by atoms with Crippen LogP contribution >= 0.6 is 0 Å². The maximum atomic E-state index is 13.4. The zero-order valence-corrected chi connectivity index (χ0v) is 20.8. The van der Waals surface area contributed by atoms with Crippen LogP contribution in [0.3, 0.4) is 0 Å². The molecule has 0 aliphatic carbocycles. The second-order valence-electron chi connectivity index (χ2n) is 9.74. The Hall–Kier alpha value is -4.60. The summed E-state index contributed by atoms with van der Waals surface area (Å²) in [5.74, 6) is -2.03. The van der Waals surface area contributed by atoms with Gasteiger partial charge in [0.1, 0.15) is 11.5 Å². The summed E-state index contributed by atoms with van der Waals surface area (Å²) in [6, 6.07) is 17.2. The fraction of sp³-hybridized carbons (Fsp3) is 0.214. The third kappa shape index (κ3) is 4.38. The van der Waals surface area contributed by atoms with Crippen LogP contribution < -0.4 is 5.32 Å². The molecule has 6 rings (SSSR count). The van der Waals surface area contributed by atoms with Crippen molar-refractivity contribution in [2.75, 3.05) is 18.4 Å². The van der Waals surface area contributed by atoms with Crippen molar-refractivity contribution >= 4 is 28.3 Å². The van der Waals surface area contributed by atoms with E-state index in [4.69, 9.17) is 4.98 Å². The number of nitrogens with one attached hydrogen (secondary N) is 2. The van der Waals surface area contributed by atoms with E-state index in [-0.39, 0.29) is 11.9 Å². The van der Waals surface area contributed by atoms with Gasteiger partial charge in [0.2, 0.25) is 0 Å². The molecule has 192 valence electrons. The molecule has 4 heterocycles. The SMILES string of the molecule is CC(C)n1c(C(=O)N2CC(F)(F)C2)cc2ccc(-c3nccc(Nc4ccc(-c5cn[nH]c5)cc4)n3)cc21. The van der Waals surface area contributed by atoms with Crippen molar-refractivity contribution < 1.29 is 13.6 Å². The number of rotatable bonds is 6. The number of likely N-dealkylation sites (tertiary alicyclic amines) is 1. The van der Waals surface area contributed by atoms with Crippen LogP contribution in [-0.2, 0) is 0 Å². The van der Waals surface area contributed by atoms with E-state index in [1.807, 2.05) is 67.1 Å². The third-order valence-electron chi connectivity index (χ3n) is 6.61. The van der Waals surface area contributed by atoms with Gasteiger partial charge in [0, 0.05) is 46.2 Å². The van der Waals surface area contributed by atoms with Crippen LogP contribution in [-0.4, -0.2) is 54.6 Å². The number of amides is 1. The van der Waals surface area contributed by atoms with E-state index in [0.717, 1.165) is 33.3 Å². The average Bonchev–Trinajstić information content (AvgIpc) is 3.55. The second-order valence-corrected chi connectivity index (χ2v) is 9.74. The first-order valence-corrected chi connectivity index (χ1v) is 12.3. The fourth-order valence-electron chi connectivity index (χ4n) is 4.77. The molecule has 0 saturated carbocycles. The topological polar surface area (TPSA) is 91.7 Å². The van der Waals surface area contributed by atoms with E-state index in [1.165, 1.54) is 4.90 Å². The molecule has 3 aromatic heterocycles. The highest BCUT2D eigenvalue weighted by molar-refractivity contribution is 6.00. The number of aromatic nitrogens is 5. The first-order valence-electron chi connectivity index (χ1n) is 12.3. The van der Waals surface area contributed by atoms with Crippen LogP contribution in [0.5, 0.6) is 0 Å². The Labute approximate surface area is 217 Å². The Balaban J connectivity index is 1.28. The largest absolute Gasteiger partial charge is 0.340 e. The normalized spacial score (nSPS) is 14.6. The molecule has 2 N–H and O–H groups in total. The van der Waals surface area contributed by atoms with Gasteiger partial charge in [0.25, 0.3) is 11.8 Å². The van der Waals surface area contributed by atoms with Crippen molar-refractivity contribution in [1.82, 2.24) is 29.6 Å². The number of alkyl halides is 2. The Morgan fingerprint density at radius 2 is 1.79 bits per heavy atom. The molecule has 1 saturated heterocycles. The summed E-state index contributed by atoms with van der Waals surface area (Å²) in [7, 11) is 0. The maximum Gasteiger partial charge on any atom is 0.282 e. The summed E-state index contributed by atoms with van der Waals surface area (Å²) >= 11 is 0. The Kier molecular flexibility index (Phi) is 5.67. The van der Waals surface area contributed by atoms with Gasteiger partial charge in [0.15, 0.2) is 5.82 Å². The van der Waals surface area contributed by atoms with Crippen molar-refractivity contribution in [3.8, 4) is 22.5 Å². The molecule has 38 heavy (non-hydrogen) atoms. The number of halogens is 2. The lowest BCUT2D eigenvalue weighted by Crippen LogP contribution is -2.58. The van der Waals surface area contributed by atoms with E-state index in [1.54, 1.807) is 24.5 Å². The molecule has 10 heteroatoms. The highest BCUT2D eigenvalue weighted by atomic mass is 19.3. The van der Waals surface area contributed by atoms with Gasteiger partial charge in [-0.15, -0.1) is 0 Å². The monoisotopic (exact) mass is 513 g/mol. The highest BCUT2D eigenvalue weighted by Gasteiger charge is 2.47. The Morgan fingerprint density at radius 3 is 2.47 bits per heavy atom. The minimum atomic E-state index is -2.81. The first-order chi connectivity index (χ1) is 18.3. The lowest BCUT2D eigenvalue weighted by atomic mass is 10.1. The van der Waals surface area contributed by atoms with Gasteiger partial charge >= 0.3 is 0 Å². The minimum absolute atomic E-state index is 0.0533. The van der Waals surface area contributed by atoms with E-state index in [2.05, 4.69) is 20.5 Å². The fourth-order valence-corrected chi connectivity index (χ4v) is 4.77. The predicted octanol–water partition coefficient (Wildman–Crippen LogP) is 5.90. The van der Waals surface area contributed by atoms with E-state index >= 15 is 0 Å². The lowest BCUT2D eigenvalue weighted by molar-refractivity contribution is -0.113. The molecule has 0 unspecified atom stereocenters. The quantitative estimate of drug-likeness (QED) is 0.295. The Bertz CT molecular complexity index is 1620. The average molecular weight is 514 g/mol. The number of aromatic amines is 1. The van der Waals surface area contributed by atoms with Gasteiger partial charge in [-0.25, -0.2) is 18.7 Å². The van der Waals surface area contributed by atoms with Gasteiger partial charge in [-0.2, -0.15) is 5.10 Å². The van der Waals surface area contributed by atoms with Gasteiger partial charge < -0.3 is 14.8 Å². The summed E-state index contributed by atoms with van der Waals surface area (Å²) in [6.45, 7) is 2.84. The number of hydrogen-bond donors (Lipinski definition) is 2. The molecular formula is C28H25F2N7O. The van der Waals surface area contributed by atoms with Gasteiger partial charge in [-0.1, -0.05) is 24.3 Å². The standard InChI is InChI=1S/C28H25F2N7O/c1-17(2)37-23-12-20(4-3-19(23)11-24(37)27(38)36-15-28(29,30)16-36)26-31-10-9-25(35-26)34-22-7-5-18(6-8-22)21-13-32-33-14-21/h3-14,17H,15-16H2,1-2H3,(H,32,33)(H,31,34,35). The second kappa shape index (κ2) is 9.05. The Morgan fingerprint density at radius 1 is 1.03 bits per heavy atom. The van der Waals surface area contributed by atoms with Crippen LogP contribution in [0.1, 0.15) is 30.4 Å². The van der Waals surface area contributed by atoms with Gasteiger partial charge in [0.05, 0.1) is 19.3 Å². The number of H-pyrrole nitrogens is 1. The van der Waals surface area contributed by atoms with E-state index in [0.29, 0.717) is 17.3 Å². The van der Waals surface area contributed by atoms with Crippen LogP contribution in [0, 0.1) is 0 Å². The van der Waals surface area contributed by atoms with Gasteiger partial charge in [-0.05, 0) is 49.7 Å². The molecule has 0 radical (unpaired) electrons. The van der Waals surface area contributed by atoms with E-state index in [9.17, 15) is 13.6 Å². The lowest BCUT2D eigenvalue weighted by Gasteiger charge is -2.38. The summed E-state index contributed by atoms with van der Waals surface area (Å²) in [5, 5.41) is 11.0. The molecule has 1 aliphatic rings. The first kappa shape index (κ1) is 23.8. The highest BCUT2D eigenvalue weighted by Crippen LogP contribution is 2.33. The number of anilines is 2. The van der Waals surface area contributed by atoms with Crippen molar-refractivity contribution in [3.05, 3.63) is 78.9 Å². The van der Waals surface area contributed by atoms with E-state index < -0.39 is 19.0 Å². The van der Waals surface area contributed by atoms with Crippen LogP contribution in [0.4, 0.5) is 20.3 Å². The third-order valence-corrected chi connectivity index (χ3v) is 6.61. The van der Waals surface area contributed by atoms with Crippen molar-refractivity contribution in [1.29, 1.82) is 0 Å². The molecular weight excluding hydrogens is 488 g/mol. The van der Waals surface area contributed by atoms with Crippen molar-refractivity contribution in [3.63, 3.8) is 0 Å². The molecule has 1 fully saturated rings. The molecule has 8 nitrogen and oxygen atoms in total. The van der Waals surface area contributed by atoms with Crippen molar-refractivity contribution in [2.45, 2.75) is 25.8 Å².